The lowest BCUT2D eigenvalue weighted by atomic mass is 10.0. The van der Waals surface area contributed by atoms with Crippen molar-refractivity contribution < 1.29 is 5.11 Å². The van der Waals surface area contributed by atoms with E-state index >= 15 is 0 Å². The number of aliphatic hydroxyl groups excluding tert-OH is 1. The molecular weight excluding hydrogens is 198 g/mol. The van der Waals surface area contributed by atoms with Crippen LogP contribution in [0.1, 0.15) is 40.0 Å². The van der Waals surface area contributed by atoms with E-state index in [9.17, 15) is 5.11 Å². The summed E-state index contributed by atoms with van der Waals surface area (Å²) in [6.45, 7) is 12.3. The van der Waals surface area contributed by atoms with E-state index in [-0.39, 0.29) is 6.61 Å². The molecule has 2 nitrogen and oxygen atoms in total. The molecule has 94 valence electrons. The monoisotopic (exact) mass is 225 g/mol. The van der Waals surface area contributed by atoms with Gasteiger partial charge in [-0.25, -0.2) is 0 Å². The van der Waals surface area contributed by atoms with Gasteiger partial charge in [0.1, 0.15) is 0 Å². The predicted octanol–water partition coefficient (Wildman–Crippen LogP) is 2.99. The van der Waals surface area contributed by atoms with Crippen LogP contribution in [0.3, 0.4) is 0 Å². The lowest BCUT2D eigenvalue weighted by molar-refractivity contribution is 0.0994. The number of likely N-dealkylation sites (tertiary alicyclic amines) is 1. The number of allylic oxidation sites excluding steroid dienone is 1. The minimum Gasteiger partial charge on any atom is -0.395 e. The van der Waals surface area contributed by atoms with Gasteiger partial charge in [-0.05, 0) is 31.9 Å². The molecule has 1 heterocycles. The maximum Gasteiger partial charge on any atom is 0.0586 e. The molecule has 1 aliphatic rings. The summed E-state index contributed by atoms with van der Waals surface area (Å²) < 4.78 is 0. The summed E-state index contributed by atoms with van der Waals surface area (Å²) in [4.78, 5) is 2.34. The van der Waals surface area contributed by atoms with Gasteiger partial charge in [0.25, 0.3) is 0 Å². The first-order valence-corrected chi connectivity index (χ1v) is 6.43. The molecular formula is C14H27NO. The van der Waals surface area contributed by atoms with Crippen LogP contribution in [0.5, 0.6) is 0 Å². The number of hydrogen-bond acceptors (Lipinski definition) is 2. The summed E-state index contributed by atoms with van der Waals surface area (Å²) in [7, 11) is 0. The van der Waals surface area contributed by atoms with Gasteiger partial charge in [-0.1, -0.05) is 39.0 Å². The van der Waals surface area contributed by atoms with Gasteiger partial charge < -0.3 is 5.11 Å². The molecule has 0 bridgehead atoms. The molecule has 0 aromatic carbocycles. The molecule has 2 heteroatoms. The van der Waals surface area contributed by atoms with Gasteiger partial charge in [-0.2, -0.15) is 0 Å². The number of aliphatic hydroxyl groups is 1. The molecule has 0 aromatic rings. The lowest BCUT2D eigenvalue weighted by Gasteiger charge is -2.34. The maximum absolute atomic E-state index is 9.21. The van der Waals surface area contributed by atoms with Gasteiger partial charge >= 0.3 is 0 Å². The summed E-state index contributed by atoms with van der Waals surface area (Å²) in [5.74, 6) is 0. The van der Waals surface area contributed by atoms with E-state index in [0.29, 0.717) is 6.04 Å². The van der Waals surface area contributed by atoms with Crippen LogP contribution in [0.2, 0.25) is 0 Å². The van der Waals surface area contributed by atoms with Crippen LogP contribution in [0.25, 0.3) is 0 Å². The minimum atomic E-state index is 0.281. The van der Waals surface area contributed by atoms with Crippen molar-refractivity contribution in [2.45, 2.75) is 46.1 Å². The number of rotatable bonds is 4. The highest BCUT2D eigenvalue weighted by Gasteiger charge is 2.21. The molecule has 1 atom stereocenters. The Labute approximate surface area is 101 Å². The van der Waals surface area contributed by atoms with Gasteiger partial charge in [0.15, 0.2) is 0 Å². The highest BCUT2D eigenvalue weighted by Crippen LogP contribution is 2.17. The second-order valence-electron chi connectivity index (χ2n) is 3.96. The second kappa shape index (κ2) is 9.61. The van der Waals surface area contributed by atoms with Gasteiger partial charge in [0.2, 0.25) is 0 Å². The highest BCUT2D eigenvalue weighted by molar-refractivity contribution is 5.15. The maximum atomic E-state index is 9.21. The fourth-order valence-electron chi connectivity index (χ4n) is 2.02. The molecule has 1 unspecified atom stereocenters. The van der Waals surface area contributed by atoms with Gasteiger partial charge in [-0.3, -0.25) is 4.90 Å². The zero-order valence-corrected chi connectivity index (χ0v) is 11.1. The van der Waals surface area contributed by atoms with Crippen LogP contribution in [0, 0.1) is 0 Å². The van der Waals surface area contributed by atoms with Crippen molar-refractivity contribution >= 4 is 0 Å². The van der Waals surface area contributed by atoms with E-state index < -0.39 is 0 Å². The van der Waals surface area contributed by atoms with Crippen LogP contribution in [-0.4, -0.2) is 35.7 Å². The first-order valence-electron chi connectivity index (χ1n) is 6.43. The molecule has 0 aliphatic carbocycles. The number of hydrogen-bond donors (Lipinski definition) is 1. The Kier molecular flexibility index (Phi) is 9.25. The smallest absolute Gasteiger partial charge is 0.0586 e. The fourth-order valence-corrected chi connectivity index (χ4v) is 2.02. The Hall–Kier alpha value is -0.600. The van der Waals surface area contributed by atoms with Gasteiger partial charge in [0.05, 0.1) is 6.61 Å². The first-order chi connectivity index (χ1) is 7.77. The molecule has 1 fully saturated rings. The van der Waals surface area contributed by atoms with Gasteiger partial charge in [-0.15, -0.1) is 0 Å². The van der Waals surface area contributed by atoms with Crippen molar-refractivity contribution in [3.8, 4) is 0 Å². The highest BCUT2D eigenvalue weighted by atomic mass is 16.3. The zero-order valence-electron chi connectivity index (χ0n) is 11.1. The average Bonchev–Trinajstić information content (AvgIpc) is 2.32. The Morgan fingerprint density at radius 3 is 2.69 bits per heavy atom. The van der Waals surface area contributed by atoms with Crippen molar-refractivity contribution in [2.75, 3.05) is 19.7 Å². The summed E-state index contributed by atoms with van der Waals surface area (Å²) in [5.41, 5.74) is 1.13. The molecule has 0 spiro atoms. The standard InChI is InChI=1S/C12H21NO.C2H6/c1-3-6-11(2)9-13-8-5-4-7-12(13)10-14;1-2/h3,6,12,14H,2,4-5,7-10H2,1H3;1-2H3/b6-3-;. The third kappa shape index (κ3) is 5.47. The largest absolute Gasteiger partial charge is 0.395 e. The van der Waals surface area contributed by atoms with Crippen LogP contribution in [-0.2, 0) is 0 Å². The molecule has 1 aliphatic heterocycles. The molecule has 1 rings (SSSR count). The van der Waals surface area contributed by atoms with Crippen molar-refractivity contribution in [2.24, 2.45) is 0 Å². The number of nitrogens with zero attached hydrogens (tertiary/aromatic N) is 1. The Bertz CT molecular complexity index is 211. The lowest BCUT2D eigenvalue weighted by Crippen LogP contribution is -2.42. The molecule has 0 radical (unpaired) electrons. The second-order valence-corrected chi connectivity index (χ2v) is 3.96. The van der Waals surface area contributed by atoms with Crippen molar-refractivity contribution in [1.29, 1.82) is 0 Å². The van der Waals surface area contributed by atoms with Gasteiger partial charge in [0, 0.05) is 12.6 Å². The Balaban J connectivity index is 0.00000106. The third-order valence-corrected chi connectivity index (χ3v) is 2.77. The Morgan fingerprint density at radius 1 is 1.44 bits per heavy atom. The van der Waals surface area contributed by atoms with E-state index in [0.717, 1.165) is 25.1 Å². The number of piperidine rings is 1. The van der Waals surface area contributed by atoms with Crippen LogP contribution in [0.4, 0.5) is 0 Å². The molecule has 16 heavy (non-hydrogen) atoms. The van der Waals surface area contributed by atoms with E-state index in [1.165, 1.54) is 12.8 Å². The summed E-state index contributed by atoms with van der Waals surface area (Å²) in [5, 5.41) is 9.21. The first kappa shape index (κ1) is 15.4. The molecule has 0 amide bonds. The normalized spacial score (nSPS) is 21.6. The molecule has 0 saturated carbocycles. The summed E-state index contributed by atoms with van der Waals surface area (Å²) in [6.07, 6.45) is 7.68. The predicted molar refractivity (Wildman–Crippen MR) is 71.6 cm³/mol. The van der Waals surface area contributed by atoms with E-state index in [4.69, 9.17) is 0 Å². The van der Waals surface area contributed by atoms with E-state index in [1.54, 1.807) is 0 Å². The van der Waals surface area contributed by atoms with Crippen LogP contribution in [0.15, 0.2) is 24.3 Å². The Morgan fingerprint density at radius 2 is 2.12 bits per heavy atom. The summed E-state index contributed by atoms with van der Waals surface area (Å²) >= 11 is 0. The minimum absolute atomic E-state index is 0.281. The molecule has 0 aromatic heterocycles. The SMILES string of the molecule is C=C(/C=C\C)CN1CCCCC1CO.CC. The topological polar surface area (TPSA) is 23.5 Å². The average molecular weight is 225 g/mol. The van der Waals surface area contributed by atoms with E-state index in [2.05, 4.69) is 11.5 Å². The van der Waals surface area contributed by atoms with Crippen LogP contribution >= 0.6 is 0 Å². The molecule has 1 N–H and O–H groups in total. The summed E-state index contributed by atoms with van der Waals surface area (Å²) in [6, 6.07) is 0.353. The van der Waals surface area contributed by atoms with Crippen molar-refractivity contribution in [3.63, 3.8) is 0 Å². The van der Waals surface area contributed by atoms with E-state index in [1.807, 2.05) is 32.9 Å². The van der Waals surface area contributed by atoms with Crippen LogP contribution < -0.4 is 0 Å². The zero-order chi connectivity index (χ0) is 12.4. The van der Waals surface area contributed by atoms with Crippen molar-refractivity contribution in [3.05, 3.63) is 24.3 Å². The van der Waals surface area contributed by atoms with Crippen molar-refractivity contribution in [1.82, 2.24) is 4.90 Å². The third-order valence-electron chi connectivity index (χ3n) is 2.77. The fraction of sp³-hybridized carbons (Fsp3) is 0.714. The molecule has 1 saturated heterocycles. The quantitative estimate of drug-likeness (QED) is 0.744.